The quantitative estimate of drug-likeness (QED) is 0.354. The third kappa shape index (κ3) is 4.31. The SMILES string of the molecule is COc1ccc(C=C(C#N)C(=O)Nc2ccccc2-c2nc3cc(C)ccc3o2)cc1. The van der Waals surface area contributed by atoms with Gasteiger partial charge < -0.3 is 14.5 Å². The van der Waals surface area contributed by atoms with E-state index in [1.807, 2.05) is 43.3 Å². The minimum Gasteiger partial charge on any atom is -0.497 e. The largest absolute Gasteiger partial charge is 0.497 e. The maximum absolute atomic E-state index is 12.8. The molecule has 0 aliphatic carbocycles. The van der Waals surface area contributed by atoms with Gasteiger partial charge in [-0.3, -0.25) is 4.79 Å². The van der Waals surface area contributed by atoms with E-state index in [1.165, 1.54) is 6.08 Å². The zero-order valence-electron chi connectivity index (χ0n) is 17.0. The third-order valence-corrected chi connectivity index (χ3v) is 4.74. The number of anilines is 1. The summed E-state index contributed by atoms with van der Waals surface area (Å²) in [6.07, 6.45) is 1.53. The number of carbonyl (C=O) groups is 1. The summed E-state index contributed by atoms with van der Waals surface area (Å²) in [5, 5.41) is 12.3. The van der Waals surface area contributed by atoms with Crippen LogP contribution in [-0.2, 0) is 4.79 Å². The molecule has 0 spiro atoms. The second-order valence-corrected chi connectivity index (χ2v) is 6.93. The summed E-state index contributed by atoms with van der Waals surface area (Å²) in [7, 11) is 1.58. The molecule has 0 unspecified atom stereocenters. The van der Waals surface area contributed by atoms with Crippen LogP contribution in [0.2, 0.25) is 0 Å². The molecule has 4 aromatic rings. The number of oxazole rings is 1. The molecule has 0 saturated heterocycles. The highest BCUT2D eigenvalue weighted by Crippen LogP contribution is 2.30. The Kier molecular flexibility index (Phi) is 5.50. The molecule has 0 saturated carbocycles. The fraction of sp³-hybridized carbons (Fsp3) is 0.0800. The number of aromatic nitrogens is 1. The molecule has 1 amide bonds. The summed E-state index contributed by atoms with van der Waals surface area (Å²) in [4.78, 5) is 17.3. The van der Waals surface area contributed by atoms with E-state index in [1.54, 1.807) is 43.5 Å². The highest BCUT2D eigenvalue weighted by atomic mass is 16.5. The van der Waals surface area contributed by atoms with E-state index in [-0.39, 0.29) is 5.57 Å². The number of amides is 1. The normalized spacial score (nSPS) is 11.2. The van der Waals surface area contributed by atoms with Gasteiger partial charge in [0.15, 0.2) is 5.58 Å². The van der Waals surface area contributed by atoms with Crippen LogP contribution in [0.3, 0.4) is 0 Å². The molecule has 0 radical (unpaired) electrons. The van der Waals surface area contributed by atoms with Gasteiger partial charge in [0.05, 0.1) is 18.4 Å². The summed E-state index contributed by atoms with van der Waals surface area (Å²) < 4.78 is 11.0. The van der Waals surface area contributed by atoms with Crippen LogP contribution in [0.15, 0.2) is 76.7 Å². The summed E-state index contributed by atoms with van der Waals surface area (Å²) in [6.45, 7) is 1.99. The molecule has 0 aliphatic heterocycles. The number of nitrogens with zero attached hydrogens (tertiary/aromatic N) is 2. The van der Waals surface area contributed by atoms with Crippen molar-refractivity contribution in [2.24, 2.45) is 0 Å². The number of hydrogen-bond donors (Lipinski definition) is 1. The molecule has 3 aromatic carbocycles. The third-order valence-electron chi connectivity index (χ3n) is 4.74. The Morgan fingerprint density at radius 2 is 1.90 bits per heavy atom. The van der Waals surface area contributed by atoms with Gasteiger partial charge in [0.2, 0.25) is 5.89 Å². The summed E-state index contributed by atoms with van der Waals surface area (Å²) in [5.74, 6) is 0.578. The lowest BCUT2D eigenvalue weighted by molar-refractivity contribution is -0.112. The first-order valence-electron chi connectivity index (χ1n) is 9.61. The maximum atomic E-state index is 12.8. The van der Waals surface area contributed by atoms with Gasteiger partial charge >= 0.3 is 0 Å². The number of carbonyl (C=O) groups excluding carboxylic acids is 1. The van der Waals surface area contributed by atoms with Crippen molar-refractivity contribution in [1.82, 2.24) is 4.98 Å². The number of nitriles is 1. The Balaban J connectivity index is 1.63. The van der Waals surface area contributed by atoms with Crippen molar-refractivity contribution in [2.75, 3.05) is 12.4 Å². The van der Waals surface area contributed by atoms with E-state index in [0.29, 0.717) is 28.5 Å². The van der Waals surface area contributed by atoms with Crippen molar-refractivity contribution in [3.63, 3.8) is 0 Å². The number of rotatable bonds is 5. The first-order valence-corrected chi connectivity index (χ1v) is 9.61. The first kappa shape index (κ1) is 19.9. The molecule has 1 N–H and O–H groups in total. The van der Waals surface area contributed by atoms with E-state index < -0.39 is 5.91 Å². The van der Waals surface area contributed by atoms with E-state index in [2.05, 4.69) is 10.3 Å². The molecule has 0 bridgehead atoms. The van der Waals surface area contributed by atoms with Gasteiger partial charge in [-0.2, -0.15) is 5.26 Å². The molecule has 1 heterocycles. The van der Waals surface area contributed by atoms with Gasteiger partial charge in [-0.05, 0) is 60.5 Å². The summed E-state index contributed by atoms with van der Waals surface area (Å²) in [5.41, 5.74) is 4.32. The molecule has 0 aliphatic rings. The number of hydrogen-bond acceptors (Lipinski definition) is 5. The minimum atomic E-state index is -0.516. The van der Waals surface area contributed by atoms with Crippen molar-refractivity contribution < 1.29 is 13.9 Å². The zero-order valence-corrected chi connectivity index (χ0v) is 17.0. The second kappa shape index (κ2) is 8.56. The van der Waals surface area contributed by atoms with Crippen molar-refractivity contribution in [2.45, 2.75) is 6.92 Å². The molecule has 1 aromatic heterocycles. The number of aryl methyl sites for hydroxylation is 1. The Morgan fingerprint density at radius 3 is 2.65 bits per heavy atom. The highest BCUT2D eigenvalue weighted by Gasteiger charge is 2.16. The monoisotopic (exact) mass is 409 g/mol. The first-order chi connectivity index (χ1) is 15.1. The lowest BCUT2D eigenvalue weighted by Crippen LogP contribution is -2.14. The molecule has 31 heavy (non-hydrogen) atoms. The molecular formula is C25H19N3O3. The van der Waals surface area contributed by atoms with Gasteiger partial charge in [-0.25, -0.2) is 4.98 Å². The summed E-state index contributed by atoms with van der Waals surface area (Å²) >= 11 is 0. The van der Waals surface area contributed by atoms with Crippen LogP contribution in [0.1, 0.15) is 11.1 Å². The Hall–Kier alpha value is -4.37. The predicted octanol–water partition coefficient (Wildman–Crippen LogP) is 5.36. The standard InChI is InChI=1S/C25H19N3O3/c1-16-7-12-23-22(13-16)28-25(31-23)20-5-3-4-6-21(20)27-24(29)18(15-26)14-17-8-10-19(30-2)11-9-17/h3-14H,1-2H3,(H,27,29). The average molecular weight is 409 g/mol. The number of para-hydroxylation sites is 1. The van der Waals surface area contributed by atoms with Crippen molar-refractivity contribution in [3.8, 4) is 23.3 Å². The van der Waals surface area contributed by atoms with Gasteiger partial charge in [-0.15, -0.1) is 0 Å². The lowest BCUT2D eigenvalue weighted by atomic mass is 10.1. The van der Waals surface area contributed by atoms with Crippen LogP contribution in [0.5, 0.6) is 5.75 Å². The van der Waals surface area contributed by atoms with Crippen molar-refractivity contribution in [3.05, 3.63) is 83.4 Å². The maximum Gasteiger partial charge on any atom is 0.266 e. The number of ether oxygens (including phenoxy) is 1. The van der Waals surface area contributed by atoms with Gasteiger partial charge in [0.25, 0.3) is 5.91 Å². The zero-order chi connectivity index (χ0) is 21.8. The molecule has 6 nitrogen and oxygen atoms in total. The molecular weight excluding hydrogens is 390 g/mol. The van der Waals surface area contributed by atoms with Gasteiger partial charge in [0, 0.05) is 0 Å². The molecule has 0 atom stereocenters. The molecule has 6 heteroatoms. The molecule has 152 valence electrons. The fourth-order valence-corrected chi connectivity index (χ4v) is 3.14. The Morgan fingerprint density at radius 1 is 1.13 bits per heavy atom. The number of methoxy groups -OCH3 is 1. The second-order valence-electron chi connectivity index (χ2n) is 6.93. The summed E-state index contributed by atoms with van der Waals surface area (Å²) in [6, 6.07) is 22.0. The van der Waals surface area contributed by atoms with E-state index in [0.717, 1.165) is 16.6 Å². The van der Waals surface area contributed by atoms with E-state index in [9.17, 15) is 10.1 Å². The fourth-order valence-electron chi connectivity index (χ4n) is 3.14. The van der Waals surface area contributed by atoms with Crippen molar-refractivity contribution in [1.29, 1.82) is 5.26 Å². The average Bonchev–Trinajstić information content (AvgIpc) is 3.21. The lowest BCUT2D eigenvalue weighted by Gasteiger charge is -2.08. The Bertz CT molecular complexity index is 1330. The van der Waals surface area contributed by atoms with Crippen molar-refractivity contribution >= 4 is 28.8 Å². The predicted molar refractivity (Wildman–Crippen MR) is 119 cm³/mol. The van der Waals surface area contributed by atoms with Crippen LogP contribution >= 0.6 is 0 Å². The highest BCUT2D eigenvalue weighted by molar-refractivity contribution is 6.11. The van der Waals surface area contributed by atoms with Crippen LogP contribution < -0.4 is 10.1 Å². The topological polar surface area (TPSA) is 88.1 Å². The number of benzene rings is 3. The number of nitrogens with one attached hydrogen (secondary N) is 1. The van der Waals surface area contributed by atoms with Crippen LogP contribution in [-0.4, -0.2) is 18.0 Å². The smallest absolute Gasteiger partial charge is 0.266 e. The van der Waals surface area contributed by atoms with E-state index >= 15 is 0 Å². The molecule has 0 fully saturated rings. The van der Waals surface area contributed by atoms with Gasteiger partial charge in [0.1, 0.15) is 22.9 Å². The molecule has 4 rings (SSSR count). The van der Waals surface area contributed by atoms with E-state index in [4.69, 9.17) is 9.15 Å². The number of fused-ring (bicyclic) bond motifs is 1. The van der Waals surface area contributed by atoms with Crippen LogP contribution in [0.25, 0.3) is 28.6 Å². The minimum absolute atomic E-state index is 0.0202. The van der Waals surface area contributed by atoms with Crippen LogP contribution in [0, 0.1) is 18.3 Å². The Labute approximate surface area is 179 Å². The van der Waals surface area contributed by atoms with Crippen LogP contribution in [0.4, 0.5) is 5.69 Å². The van der Waals surface area contributed by atoms with Gasteiger partial charge in [-0.1, -0.05) is 30.3 Å².